The third-order valence-electron chi connectivity index (χ3n) is 6.14. The first-order chi connectivity index (χ1) is 16.5. The molecule has 0 unspecified atom stereocenters. The predicted octanol–water partition coefficient (Wildman–Crippen LogP) is 4.20. The molecule has 2 aromatic carbocycles. The zero-order valence-corrected chi connectivity index (χ0v) is 19.6. The number of piperidine rings is 1. The normalized spacial score (nSPS) is 14.1. The molecule has 0 spiro atoms. The molecule has 0 bridgehead atoms. The Morgan fingerprint density at radius 3 is 2.50 bits per heavy atom. The molecule has 8 heteroatoms. The van der Waals surface area contributed by atoms with Crippen LogP contribution in [0.3, 0.4) is 0 Å². The van der Waals surface area contributed by atoms with Gasteiger partial charge in [0.15, 0.2) is 5.82 Å². The number of hydrogen-bond acceptors (Lipinski definition) is 4. The van der Waals surface area contributed by atoms with Gasteiger partial charge >= 0.3 is 0 Å². The number of halogens is 1. The van der Waals surface area contributed by atoms with Crippen molar-refractivity contribution in [3.8, 4) is 5.69 Å². The number of carbonyl (C=O) groups is 2. The van der Waals surface area contributed by atoms with Crippen LogP contribution < -0.4 is 15.5 Å². The lowest BCUT2D eigenvalue weighted by atomic mass is 9.95. The quantitative estimate of drug-likeness (QED) is 0.550. The van der Waals surface area contributed by atoms with E-state index in [1.807, 2.05) is 48.9 Å². The molecule has 0 radical (unpaired) electrons. The van der Waals surface area contributed by atoms with Crippen molar-refractivity contribution in [3.63, 3.8) is 0 Å². The van der Waals surface area contributed by atoms with Crippen molar-refractivity contribution in [1.29, 1.82) is 0 Å². The van der Waals surface area contributed by atoms with E-state index >= 15 is 0 Å². The molecule has 1 aliphatic heterocycles. The molecule has 2 N–H and O–H groups in total. The SMILES string of the molecule is CCC(=O)Nc1c(C)nn(-c2ccccc2)c1N1CCC(C(=O)NCc2cccc(F)c2)CC1. The molecule has 1 aliphatic rings. The molecular formula is C26H30FN5O2. The Morgan fingerprint density at radius 2 is 1.82 bits per heavy atom. The summed E-state index contributed by atoms with van der Waals surface area (Å²) in [7, 11) is 0. The number of nitrogens with one attached hydrogen (secondary N) is 2. The largest absolute Gasteiger partial charge is 0.355 e. The fraction of sp³-hybridized carbons (Fsp3) is 0.346. The van der Waals surface area contributed by atoms with Crippen molar-refractivity contribution in [2.75, 3.05) is 23.3 Å². The third-order valence-corrected chi connectivity index (χ3v) is 6.14. The molecule has 2 heterocycles. The number of carbonyl (C=O) groups excluding carboxylic acids is 2. The summed E-state index contributed by atoms with van der Waals surface area (Å²) in [6.07, 6.45) is 1.73. The maximum atomic E-state index is 13.4. The van der Waals surface area contributed by atoms with Gasteiger partial charge in [0.2, 0.25) is 11.8 Å². The summed E-state index contributed by atoms with van der Waals surface area (Å²) in [6.45, 7) is 5.33. The van der Waals surface area contributed by atoms with Crippen LogP contribution in [-0.2, 0) is 16.1 Å². The summed E-state index contributed by atoms with van der Waals surface area (Å²) in [6, 6.07) is 16.1. The first-order valence-corrected chi connectivity index (χ1v) is 11.7. The summed E-state index contributed by atoms with van der Waals surface area (Å²) in [5.41, 5.74) is 3.11. The van der Waals surface area contributed by atoms with Crippen LogP contribution in [-0.4, -0.2) is 34.7 Å². The Bertz CT molecular complexity index is 1150. The van der Waals surface area contributed by atoms with Gasteiger partial charge in [-0.15, -0.1) is 0 Å². The van der Waals surface area contributed by atoms with Gasteiger partial charge in [0.25, 0.3) is 0 Å². The van der Waals surface area contributed by atoms with E-state index in [4.69, 9.17) is 5.10 Å². The molecule has 178 valence electrons. The number of nitrogens with zero attached hydrogens (tertiary/aromatic N) is 3. The van der Waals surface area contributed by atoms with Gasteiger partial charge in [0.1, 0.15) is 11.5 Å². The van der Waals surface area contributed by atoms with E-state index in [0.717, 1.165) is 22.8 Å². The lowest BCUT2D eigenvalue weighted by Gasteiger charge is -2.33. The molecule has 3 aromatic rings. The van der Waals surface area contributed by atoms with Crippen LogP contribution in [0.5, 0.6) is 0 Å². The second-order valence-corrected chi connectivity index (χ2v) is 8.54. The van der Waals surface area contributed by atoms with Crippen molar-refractivity contribution < 1.29 is 14.0 Å². The van der Waals surface area contributed by atoms with Crippen molar-refractivity contribution in [3.05, 3.63) is 71.7 Å². The highest BCUT2D eigenvalue weighted by atomic mass is 19.1. The highest BCUT2D eigenvalue weighted by Gasteiger charge is 2.30. The van der Waals surface area contributed by atoms with E-state index in [-0.39, 0.29) is 23.5 Å². The summed E-state index contributed by atoms with van der Waals surface area (Å²) in [5, 5.41) is 10.7. The van der Waals surface area contributed by atoms with Gasteiger partial charge in [0, 0.05) is 32.0 Å². The van der Waals surface area contributed by atoms with E-state index in [0.29, 0.717) is 44.6 Å². The van der Waals surface area contributed by atoms with Gasteiger partial charge in [0.05, 0.1) is 11.4 Å². The third kappa shape index (κ3) is 5.27. The van der Waals surface area contributed by atoms with Gasteiger partial charge in [-0.05, 0) is 49.6 Å². The lowest BCUT2D eigenvalue weighted by Crippen LogP contribution is -2.41. The zero-order chi connectivity index (χ0) is 24.1. The minimum absolute atomic E-state index is 0.0174. The fourth-order valence-electron chi connectivity index (χ4n) is 4.26. The van der Waals surface area contributed by atoms with Crippen LogP contribution in [0.2, 0.25) is 0 Å². The van der Waals surface area contributed by atoms with E-state index in [1.54, 1.807) is 12.1 Å². The first-order valence-electron chi connectivity index (χ1n) is 11.7. The number of amides is 2. The van der Waals surface area contributed by atoms with Crippen molar-refractivity contribution in [1.82, 2.24) is 15.1 Å². The molecule has 0 atom stereocenters. The molecule has 4 rings (SSSR count). The minimum Gasteiger partial charge on any atom is -0.355 e. The van der Waals surface area contributed by atoms with Gasteiger partial charge < -0.3 is 15.5 Å². The smallest absolute Gasteiger partial charge is 0.224 e. The zero-order valence-electron chi connectivity index (χ0n) is 19.6. The monoisotopic (exact) mass is 463 g/mol. The van der Waals surface area contributed by atoms with Crippen LogP contribution in [0.1, 0.15) is 37.4 Å². The Labute approximate surface area is 199 Å². The Kier molecular flexibility index (Phi) is 7.25. The number of hydrogen-bond donors (Lipinski definition) is 2. The average Bonchev–Trinajstić information content (AvgIpc) is 3.18. The number of rotatable bonds is 7. The summed E-state index contributed by atoms with van der Waals surface area (Å²) >= 11 is 0. The molecule has 0 aliphatic carbocycles. The number of aromatic nitrogens is 2. The number of benzene rings is 2. The highest BCUT2D eigenvalue weighted by molar-refractivity contribution is 5.94. The fourth-order valence-corrected chi connectivity index (χ4v) is 4.26. The number of aryl methyl sites for hydroxylation is 1. The molecule has 1 fully saturated rings. The molecule has 1 saturated heterocycles. The second-order valence-electron chi connectivity index (χ2n) is 8.54. The molecular weight excluding hydrogens is 433 g/mol. The summed E-state index contributed by atoms with van der Waals surface area (Å²) in [4.78, 5) is 27.2. The van der Waals surface area contributed by atoms with Crippen molar-refractivity contribution >= 4 is 23.3 Å². The number of anilines is 2. The molecule has 34 heavy (non-hydrogen) atoms. The molecule has 1 aromatic heterocycles. The molecule has 0 saturated carbocycles. The van der Waals surface area contributed by atoms with Gasteiger partial charge in [-0.2, -0.15) is 5.10 Å². The van der Waals surface area contributed by atoms with E-state index in [2.05, 4.69) is 15.5 Å². The first kappa shape index (κ1) is 23.5. The maximum absolute atomic E-state index is 13.4. The molecule has 2 amide bonds. The van der Waals surface area contributed by atoms with Crippen LogP contribution in [0.25, 0.3) is 5.69 Å². The Morgan fingerprint density at radius 1 is 1.09 bits per heavy atom. The van der Waals surface area contributed by atoms with Gasteiger partial charge in [-0.3, -0.25) is 9.59 Å². The summed E-state index contributed by atoms with van der Waals surface area (Å²) < 4.78 is 15.3. The number of para-hydroxylation sites is 1. The van der Waals surface area contributed by atoms with Crippen molar-refractivity contribution in [2.45, 2.75) is 39.7 Å². The van der Waals surface area contributed by atoms with Crippen molar-refractivity contribution in [2.24, 2.45) is 5.92 Å². The maximum Gasteiger partial charge on any atom is 0.224 e. The minimum atomic E-state index is -0.309. The van der Waals surface area contributed by atoms with Crippen LogP contribution in [0.4, 0.5) is 15.9 Å². The Balaban J connectivity index is 1.48. The van der Waals surface area contributed by atoms with Crippen LogP contribution >= 0.6 is 0 Å². The van der Waals surface area contributed by atoms with E-state index in [1.165, 1.54) is 12.1 Å². The Hall–Kier alpha value is -3.68. The van der Waals surface area contributed by atoms with E-state index < -0.39 is 0 Å². The predicted molar refractivity (Wildman–Crippen MR) is 130 cm³/mol. The van der Waals surface area contributed by atoms with Crippen LogP contribution in [0, 0.1) is 18.7 Å². The average molecular weight is 464 g/mol. The standard InChI is InChI=1S/C26H30FN5O2/c1-3-23(33)29-24-18(2)30-32(22-10-5-4-6-11-22)26(24)31-14-12-20(13-15-31)25(34)28-17-19-8-7-9-21(27)16-19/h4-11,16,20H,3,12-15,17H2,1-2H3,(H,28,34)(H,29,33). The van der Waals surface area contributed by atoms with E-state index in [9.17, 15) is 14.0 Å². The second kappa shape index (κ2) is 10.5. The van der Waals surface area contributed by atoms with Gasteiger partial charge in [-0.25, -0.2) is 9.07 Å². The molecule has 7 nitrogen and oxygen atoms in total. The summed E-state index contributed by atoms with van der Waals surface area (Å²) in [5.74, 6) is 0.327. The lowest BCUT2D eigenvalue weighted by molar-refractivity contribution is -0.125. The van der Waals surface area contributed by atoms with Gasteiger partial charge in [-0.1, -0.05) is 37.3 Å². The highest BCUT2D eigenvalue weighted by Crippen LogP contribution is 2.35. The topological polar surface area (TPSA) is 79.3 Å². The van der Waals surface area contributed by atoms with Crippen LogP contribution in [0.15, 0.2) is 54.6 Å².